The molecule has 4 heteroatoms. The predicted molar refractivity (Wildman–Crippen MR) is 59.8 cm³/mol. The summed E-state index contributed by atoms with van der Waals surface area (Å²) in [5, 5.41) is 6.51. The van der Waals surface area contributed by atoms with Crippen LogP contribution in [-0.2, 0) is 0 Å². The Balaban J connectivity index is 1.82. The average Bonchev–Trinajstić information content (AvgIpc) is 2.09. The van der Waals surface area contributed by atoms with Crippen molar-refractivity contribution in [2.24, 2.45) is 0 Å². The summed E-state index contributed by atoms with van der Waals surface area (Å²) >= 11 is 0. The fraction of sp³-hybridized carbons (Fsp3) is 0.909. The third-order valence-corrected chi connectivity index (χ3v) is 3.28. The van der Waals surface area contributed by atoms with Crippen LogP contribution in [0.15, 0.2) is 0 Å². The number of nitrogens with one attached hydrogen (secondary N) is 2. The van der Waals surface area contributed by atoms with Crippen LogP contribution in [0.4, 0.5) is 4.79 Å². The van der Waals surface area contributed by atoms with Gasteiger partial charge in [0, 0.05) is 31.2 Å². The highest BCUT2D eigenvalue weighted by molar-refractivity contribution is 5.74. The van der Waals surface area contributed by atoms with Crippen molar-refractivity contribution in [2.75, 3.05) is 13.1 Å². The van der Waals surface area contributed by atoms with Crippen molar-refractivity contribution >= 4 is 6.03 Å². The van der Waals surface area contributed by atoms with Gasteiger partial charge in [-0.3, -0.25) is 0 Å². The van der Waals surface area contributed by atoms with Gasteiger partial charge in [0.25, 0.3) is 0 Å². The summed E-state index contributed by atoms with van der Waals surface area (Å²) in [6, 6.07) is 1.37. The van der Waals surface area contributed by atoms with E-state index >= 15 is 0 Å². The molecule has 1 aliphatic heterocycles. The first-order chi connectivity index (χ1) is 7.15. The SMILES string of the molecule is CC1CN(C(=O)NC2CCC2)CC(C)N1. The number of nitrogens with zero attached hydrogens (tertiary/aromatic N) is 1. The minimum atomic E-state index is 0.125. The molecule has 0 spiro atoms. The van der Waals surface area contributed by atoms with E-state index in [0.717, 1.165) is 25.9 Å². The lowest BCUT2D eigenvalue weighted by atomic mass is 9.93. The van der Waals surface area contributed by atoms with Crippen molar-refractivity contribution < 1.29 is 4.79 Å². The van der Waals surface area contributed by atoms with Crippen LogP contribution in [0.25, 0.3) is 0 Å². The van der Waals surface area contributed by atoms with E-state index in [4.69, 9.17) is 0 Å². The fourth-order valence-corrected chi connectivity index (χ4v) is 2.31. The smallest absolute Gasteiger partial charge is 0.317 e. The van der Waals surface area contributed by atoms with Crippen molar-refractivity contribution in [3.05, 3.63) is 0 Å². The van der Waals surface area contributed by atoms with Crippen LogP contribution < -0.4 is 10.6 Å². The van der Waals surface area contributed by atoms with Gasteiger partial charge in [0.15, 0.2) is 0 Å². The van der Waals surface area contributed by atoms with E-state index in [1.807, 2.05) is 4.90 Å². The van der Waals surface area contributed by atoms with Crippen LogP contribution in [0.3, 0.4) is 0 Å². The average molecular weight is 211 g/mol. The molecule has 0 radical (unpaired) electrons. The molecular weight excluding hydrogens is 190 g/mol. The molecule has 2 rings (SSSR count). The molecule has 1 heterocycles. The van der Waals surface area contributed by atoms with E-state index in [9.17, 15) is 4.79 Å². The van der Waals surface area contributed by atoms with Gasteiger partial charge >= 0.3 is 6.03 Å². The van der Waals surface area contributed by atoms with Gasteiger partial charge in [-0.15, -0.1) is 0 Å². The van der Waals surface area contributed by atoms with Crippen LogP contribution in [0.1, 0.15) is 33.1 Å². The fourth-order valence-electron chi connectivity index (χ4n) is 2.31. The van der Waals surface area contributed by atoms with Crippen molar-refractivity contribution in [3.8, 4) is 0 Å². The second-order valence-corrected chi connectivity index (χ2v) is 4.95. The molecule has 2 atom stereocenters. The van der Waals surface area contributed by atoms with Gasteiger partial charge < -0.3 is 15.5 Å². The van der Waals surface area contributed by atoms with Crippen molar-refractivity contribution in [1.82, 2.24) is 15.5 Å². The molecule has 2 amide bonds. The Bertz CT molecular complexity index is 230. The summed E-state index contributed by atoms with van der Waals surface area (Å²) in [6.45, 7) is 5.89. The van der Waals surface area contributed by atoms with Gasteiger partial charge in [0.1, 0.15) is 0 Å². The molecule has 0 bridgehead atoms. The number of urea groups is 1. The minimum absolute atomic E-state index is 0.125. The lowest BCUT2D eigenvalue weighted by molar-refractivity contribution is 0.156. The van der Waals surface area contributed by atoms with E-state index in [2.05, 4.69) is 24.5 Å². The summed E-state index contributed by atoms with van der Waals surface area (Å²) in [4.78, 5) is 13.8. The molecule has 2 unspecified atom stereocenters. The van der Waals surface area contributed by atoms with Gasteiger partial charge in [-0.1, -0.05) is 0 Å². The number of amides is 2. The first-order valence-corrected chi connectivity index (χ1v) is 5.96. The first kappa shape index (κ1) is 10.7. The topological polar surface area (TPSA) is 44.4 Å². The quantitative estimate of drug-likeness (QED) is 0.677. The normalized spacial score (nSPS) is 32.3. The maximum absolute atomic E-state index is 11.9. The lowest BCUT2D eigenvalue weighted by Gasteiger charge is -2.38. The Morgan fingerprint density at radius 3 is 2.33 bits per heavy atom. The number of piperazine rings is 1. The monoisotopic (exact) mass is 211 g/mol. The third-order valence-electron chi connectivity index (χ3n) is 3.28. The van der Waals surface area contributed by atoms with Crippen molar-refractivity contribution in [2.45, 2.75) is 51.2 Å². The maximum atomic E-state index is 11.9. The van der Waals surface area contributed by atoms with Crippen molar-refractivity contribution in [3.63, 3.8) is 0 Å². The number of carbonyl (C=O) groups is 1. The van der Waals surface area contributed by atoms with E-state index in [0.29, 0.717) is 18.1 Å². The van der Waals surface area contributed by atoms with Gasteiger partial charge in [-0.25, -0.2) is 4.79 Å². The Labute approximate surface area is 91.4 Å². The van der Waals surface area contributed by atoms with Gasteiger partial charge in [-0.2, -0.15) is 0 Å². The van der Waals surface area contributed by atoms with E-state index in [1.165, 1.54) is 6.42 Å². The maximum Gasteiger partial charge on any atom is 0.317 e. The summed E-state index contributed by atoms with van der Waals surface area (Å²) in [5.74, 6) is 0. The molecule has 1 aliphatic carbocycles. The Morgan fingerprint density at radius 2 is 1.87 bits per heavy atom. The molecule has 2 fully saturated rings. The van der Waals surface area contributed by atoms with Gasteiger partial charge in [0.05, 0.1) is 0 Å². The summed E-state index contributed by atoms with van der Waals surface area (Å²) in [7, 11) is 0. The zero-order valence-electron chi connectivity index (χ0n) is 9.62. The highest BCUT2D eigenvalue weighted by atomic mass is 16.2. The van der Waals surface area contributed by atoms with Crippen molar-refractivity contribution in [1.29, 1.82) is 0 Å². The molecular formula is C11H21N3O. The molecule has 2 N–H and O–H groups in total. The second-order valence-electron chi connectivity index (χ2n) is 4.95. The lowest BCUT2D eigenvalue weighted by Crippen LogP contribution is -2.59. The molecule has 86 valence electrons. The number of hydrogen-bond acceptors (Lipinski definition) is 2. The minimum Gasteiger partial charge on any atom is -0.335 e. The van der Waals surface area contributed by atoms with Crippen LogP contribution in [0, 0.1) is 0 Å². The number of carbonyl (C=O) groups excluding carboxylic acids is 1. The zero-order chi connectivity index (χ0) is 10.8. The summed E-state index contributed by atoms with van der Waals surface area (Å²) in [6.07, 6.45) is 3.57. The molecule has 0 aromatic rings. The van der Waals surface area contributed by atoms with E-state index < -0.39 is 0 Å². The second kappa shape index (κ2) is 4.39. The number of hydrogen-bond donors (Lipinski definition) is 2. The molecule has 2 aliphatic rings. The number of rotatable bonds is 1. The Hall–Kier alpha value is -0.770. The highest BCUT2D eigenvalue weighted by Gasteiger charge is 2.27. The Kier molecular flexibility index (Phi) is 3.14. The van der Waals surface area contributed by atoms with Gasteiger partial charge in [0.2, 0.25) is 0 Å². The van der Waals surface area contributed by atoms with Gasteiger partial charge in [-0.05, 0) is 33.1 Å². The molecule has 0 aromatic carbocycles. The Morgan fingerprint density at radius 1 is 1.27 bits per heavy atom. The highest BCUT2D eigenvalue weighted by Crippen LogP contribution is 2.18. The van der Waals surface area contributed by atoms with E-state index in [-0.39, 0.29) is 6.03 Å². The molecule has 1 saturated heterocycles. The van der Waals surface area contributed by atoms with E-state index in [1.54, 1.807) is 0 Å². The predicted octanol–water partition coefficient (Wildman–Crippen LogP) is 0.931. The molecule has 1 saturated carbocycles. The van der Waals surface area contributed by atoms with Crippen LogP contribution in [0.5, 0.6) is 0 Å². The van der Waals surface area contributed by atoms with Crippen LogP contribution >= 0.6 is 0 Å². The summed E-state index contributed by atoms with van der Waals surface area (Å²) < 4.78 is 0. The first-order valence-electron chi connectivity index (χ1n) is 5.96. The summed E-state index contributed by atoms with van der Waals surface area (Å²) in [5.41, 5.74) is 0. The van der Waals surface area contributed by atoms with Crippen LogP contribution in [-0.4, -0.2) is 42.1 Å². The standard InChI is InChI=1S/C11H21N3O/c1-8-6-14(7-9(2)12-8)11(15)13-10-4-3-5-10/h8-10,12H,3-7H2,1-2H3,(H,13,15). The third kappa shape index (κ3) is 2.62. The molecule has 0 aromatic heterocycles. The zero-order valence-corrected chi connectivity index (χ0v) is 9.62. The largest absolute Gasteiger partial charge is 0.335 e. The molecule has 4 nitrogen and oxygen atoms in total. The van der Waals surface area contributed by atoms with Crippen LogP contribution in [0.2, 0.25) is 0 Å². The molecule has 15 heavy (non-hydrogen) atoms.